The van der Waals surface area contributed by atoms with Gasteiger partial charge in [-0.2, -0.15) is 0 Å². The molecule has 3 heterocycles. The molecule has 2 aromatic heterocycles. The molecule has 10 heteroatoms. The molecule has 0 bridgehead atoms. The molecule has 3 N–H and O–H groups in total. The zero-order valence-corrected chi connectivity index (χ0v) is 17.4. The molecule has 4 rings (SSSR count). The number of rotatable bonds is 4. The minimum Gasteiger partial charge on any atom is -0.480 e. The number of furan rings is 1. The Morgan fingerprint density at radius 2 is 1.90 bits per heavy atom. The number of benzene rings is 1. The molecule has 8 nitrogen and oxygen atoms in total. The van der Waals surface area contributed by atoms with Crippen molar-refractivity contribution < 1.29 is 22.7 Å². The molecule has 0 aliphatic carbocycles. The van der Waals surface area contributed by atoms with Gasteiger partial charge < -0.3 is 25.1 Å². The van der Waals surface area contributed by atoms with E-state index in [0.29, 0.717) is 31.0 Å². The van der Waals surface area contributed by atoms with Crippen molar-refractivity contribution in [2.75, 3.05) is 18.6 Å². The standard InChI is InChI=1S/C21H23F2N5O3/c1-10-6-18(31-11(10)2)28-5-4-12(25-21(24)29)7-17(28)19-20(30-3)27-16-9-14(23)13(22)8-15(16)26-19/h6,8-9,12,17H,4-5,7H2,1-3H3,(H3,24,25,29). The summed E-state index contributed by atoms with van der Waals surface area (Å²) in [5.41, 5.74) is 7.14. The van der Waals surface area contributed by atoms with E-state index in [9.17, 15) is 13.6 Å². The summed E-state index contributed by atoms with van der Waals surface area (Å²) in [4.78, 5) is 22.4. The van der Waals surface area contributed by atoms with Crippen LogP contribution in [0.5, 0.6) is 5.88 Å². The van der Waals surface area contributed by atoms with Crippen molar-refractivity contribution in [1.29, 1.82) is 0 Å². The number of anilines is 1. The number of aromatic nitrogens is 2. The van der Waals surface area contributed by atoms with Crippen LogP contribution in [0.3, 0.4) is 0 Å². The second-order valence-electron chi connectivity index (χ2n) is 7.64. The van der Waals surface area contributed by atoms with Gasteiger partial charge in [0.15, 0.2) is 17.5 Å². The van der Waals surface area contributed by atoms with Gasteiger partial charge in [0, 0.05) is 30.8 Å². The van der Waals surface area contributed by atoms with Gasteiger partial charge >= 0.3 is 6.03 Å². The highest BCUT2D eigenvalue weighted by Gasteiger charge is 2.35. The van der Waals surface area contributed by atoms with E-state index in [1.807, 2.05) is 24.8 Å². The zero-order valence-electron chi connectivity index (χ0n) is 17.4. The second kappa shape index (κ2) is 8.01. The lowest BCUT2D eigenvalue weighted by molar-refractivity contribution is 0.239. The Labute approximate surface area is 177 Å². The van der Waals surface area contributed by atoms with Gasteiger partial charge in [0.1, 0.15) is 11.5 Å². The van der Waals surface area contributed by atoms with Crippen molar-refractivity contribution in [3.05, 3.63) is 46.9 Å². The molecule has 2 unspecified atom stereocenters. The van der Waals surface area contributed by atoms with Gasteiger partial charge in [-0.25, -0.2) is 23.5 Å². The monoisotopic (exact) mass is 431 g/mol. The topological polar surface area (TPSA) is 107 Å². The molecule has 0 radical (unpaired) electrons. The molecule has 2 amide bonds. The first kappa shape index (κ1) is 20.8. The molecule has 1 fully saturated rings. The van der Waals surface area contributed by atoms with Crippen LogP contribution in [-0.4, -0.2) is 35.7 Å². The summed E-state index contributed by atoms with van der Waals surface area (Å²) in [5, 5.41) is 2.74. The fourth-order valence-corrected chi connectivity index (χ4v) is 3.93. The smallest absolute Gasteiger partial charge is 0.312 e. The molecule has 0 spiro atoms. The Morgan fingerprint density at radius 1 is 1.23 bits per heavy atom. The van der Waals surface area contributed by atoms with E-state index in [2.05, 4.69) is 15.3 Å². The number of fused-ring (bicyclic) bond motifs is 1. The summed E-state index contributed by atoms with van der Waals surface area (Å²) in [6.07, 6.45) is 1.09. The van der Waals surface area contributed by atoms with Crippen LogP contribution < -0.4 is 20.7 Å². The Bertz CT molecular complexity index is 1130. The van der Waals surface area contributed by atoms with E-state index >= 15 is 0 Å². The number of aryl methyl sites for hydroxylation is 2. The van der Waals surface area contributed by atoms with Gasteiger partial charge in [-0.05, 0) is 32.3 Å². The third-order valence-electron chi connectivity index (χ3n) is 5.59. The zero-order chi connectivity index (χ0) is 22.3. The van der Waals surface area contributed by atoms with E-state index in [-0.39, 0.29) is 23.0 Å². The molecule has 3 aromatic rings. The lowest BCUT2D eigenvalue weighted by Crippen LogP contribution is -2.48. The maximum Gasteiger partial charge on any atom is 0.312 e. The molecule has 1 aliphatic heterocycles. The number of nitrogens with one attached hydrogen (secondary N) is 1. The van der Waals surface area contributed by atoms with Gasteiger partial charge in [0.25, 0.3) is 0 Å². The van der Waals surface area contributed by atoms with Crippen LogP contribution in [-0.2, 0) is 0 Å². The van der Waals surface area contributed by atoms with Gasteiger partial charge in [0.2, 0.25) is 5.88 Å². The molecule has 1 aromatic carbocycles. The number of urea groups is 1. The number of primary amides is 1. The van der Waals surface area contributed by atoms with Gasteiger partial charge in [0.05, 0.1) is 24.2 Å². The number of carbonyl (C=O) groups is 1. The number of hydrogen-bond donors (Lipinski definition) is 2. The first-order valence-electron chi connectivity index (χ1n) is 9.87. The maximum atomic E-state index is 13.8. The Balaban J connectivity index is 1.83. The van der Waals surface area contributed by atoms with E-state index in [1.165, 1.54) is 7.11 Å². The van der Waals surface area contributed by atoms with Crippen LogP contribution >= 0.6 is 0 Å². The number of methoxy groups -OCH3 is 1. The number of ether oxygens (including phenoxy) is 1. The molecule has 1 aliphatic rings. The SMILES string of the molecule is COc1nc2cc(F)c(F)cc2nc1C1CC(NC(N)=O)CCN1c1cc(C)c(C)o1. The van der Waals surface area contributed by atoms with Crippen molar-refractivity contribution in [3.8, 4) is 5.88 Å². The van der Waals surface area contributed by atoms with Crippen molar-refractivity contribution in [2.24, 2.45) is 5.73 Å². The van der Waals surface area contributed by atoms with Crippen molar-refractivity contribution >= 4 is 22.9 Å². The summed E-state index contributed by atoms with van der Waals surface area (Å²) >= 11 is 0. The first-order valence-corrected chi connectivity index (χ1v) is 9.87. The molecule has 31 heavy (non-hydrogen) atoms. The van der Waals surface area contributed by atoms with Crippen LogP contribution in [0.1, 0.15) is 35.9 Å². The highest BCUT2D eigenvalue weighted by molar-refractivity contribution is 5.75. The number of halogens is 2. The fraction of sp³-hybridized carbons (Fsp3) is 0.381. The quantitative estimate of drug-likeness (QED) is 0.655. The second-order valence-corrected chi connectivity index (χ2v) is 7.64. The fourth-order valence-electron chi connectivity index (χ4n) is 3.93. The number of amides is 2. The van der Waals surface area contributed by atoms with Gasteiger partial charge in [-0.1, -0.05) is 0 Å². The van der Waals surface area contributed by atoms with Gasteiger partial charge in [-0.3, -0.25) is 0 Å². The van der Waals surface area contributed by atoms with Crippen LogP contribution in [0.15, 0.2) is 22.6 Å². The van der Waals surface area contributed by atoms with Crippen LogP contribution in [0, 0.1) is 25.5 Å². The third kappa shape index (κ3) is 3.97. The Morgan fingerprint density at radius 3 is 2.48 bits per heavy atom. The number of nitrogens with zero attached hydrogens (tertiary/aromatic N) is 3. The predicted molar refractivity (Wildman–Crippen MR) is 110 cm³/mol. The minimum atomic E-state index is -1.01. The lowest BCUT2D eigenvalue weighted by atomic mass is 9.94. The number of nitrogens with two attached hydrogens (primary N) is 1. The average Bonchev–Trinajstić information content (AvgIpc) is 3.05. The lowest BCUT2D eigenvalue weighted by Gasteiger charge is -2.39. The first-order chi connectivity index (χ1) is 14.8. The summed E-state index contributed by atoms with van der Waals surface area (Å²) in [6.45, 7) is 4.37. The molecule has 164 valence electrons. The summed E-state index contributed by atoms with van der Waals surface area (Å²) in [7, 11) is 1.44. The molecular formula is C21H23F2N5O3. The minimum absolute atomic E-state index is 0.179. The highest BCUT2D eigenvalue weighted by atomic mass is 19.2. The number of hydrogen-bond acceptors (Lipinski definition) is 6. The van der Waals surface area contributed by atoms with Crippen LogP contribution in [0.25, 0.3) is 11.0 Å². The summed E-state index contributed by atoms with van der Waals surface area (Å²) in [5.74, 6) is -0.396. The van der Waals surface area contributed by atoms with Crippen LogP contribution in [0.2, 0.25) is 0 Å². The average molecular weight is 431 g/mol. The largest absolute Gasteiger partial charge is 0.480 e. The molecular weight excluding hydrogens is 408 g/mol. The normalized spacial score (nSPS) is 18.9. The van der Waals surface area contributed by atoms with E-state index in [4.69, 9.17) is 14.9 Å². The predicted octanol–water partition coefficient (Wildman–Crippen LogP) is 3.50. The Kier molecular flexibility index (Phi) is 5.38. The Hall–Kier alpha value is -3.43. The van der Waals surface area contributed by atoms with E-state index in [1.54, 1.807) is 0 Å². The highest BCUT2D eigenvalue weighted by Crippen LogP contribution is 2.39. The summed E-state index contributed by atoms with van der Waals surface area (Å²) in [6, 6.07) is 2.70. The van der Waals surface area contributed by atoms with Crippen LogP contribution in [0.4, 0.5) is 19.5 Å². The van der Waals surface area contributed by atoms with Crippen molar-refractivity contribution in [2.45, 2.75) is 38.8 Å². The molecule has 2 atom stereocenters. The van der Waals surface area contributed by atoms with E-state index in [0.717, 1.165) is 23.5 Å². The summed E-state index contributed by atoms with van der Waals surface area (Å²) < 4.78 is 38.9. The van der Waals surface area contributed by atoms with Crippen molar-refractivity contribution in [1.82, 2.24) is 15.3 Å². The van der Waals surface area contributed by atoms with E-state index < -0.39 is 23.7 Å². The maximum absolute atomic E-state index is 13.8. The van der Waals surface area contributed by atoms with Crippen molar-refractivity contribution in [3.63, 3.8) is 0 Å². The number of carbonyl (C=O) groups excluding carboxylic acids is 1. The third-order valence-corrected chi connectivity index (χ3v) is 5.59. The number of piperidine rings is 1. The molecule has 0 saturated carbocycles. The van der Waals surface area contributed by atoms with Gasteiger partial charge in [-0.15, -0.1) is 0 Å². The molecule has 1 saturated heterocycles.